The van der Waals surface area contributed by atoms with Gasteiger partial charge in [0.15, 0.2) is 0 Å². The van der Waals surface area contributed by atoms with Crippen LogP contribution in [0, 0.1) is 0 Å². The summed E-state index contributed by atoms with van der Waals surface area (Å²) in [6.07, 6.45) is 56.6. The van der Waals surface area contributed by atoms with E-state index >= 15 is 0 Å². The van der Waals surface area contributed by atoms with Crippen LogP contribution in [0.1, 0.15) is 194 Å². The van der Waals surface area contributed by atoms with E-state index in [1.807, 2.05) is 27.2 Å². The second-order valence-electron chi connectivity index (χ2n) is 17.4. The molecule has 60 heavy (non-hydrogen) atoms. The van der Waals surface area contributed by atoms with Crippen LogP contribution in [-0.4, -0.2) is 68.5 Å². The standard InChI is InChI=1S/C51H93N2O6P/c1-6-8-10-12-14-16-18-20-21-22-23-24-25-26-27-28-29-30-31-33-35-37-39-41-43-45-51(55)52-49(48-59-60(56,57)58-47-46-53(3,4)5)50(54)44-42-40-38-36-34-32-19-17-15-13-11-9-7-2/h8,10,14,16,20-21,23-24,26-27,42,44,49-50,54H,6-7,9,11-13,15,17-19,22,25,28-41,43,45-48H2,1-5H3,(H-,52,55,56,57)/b10-8-,16-14-,21-20-,24-23-,27-26-,44-42+. The van der Waals surface area contributed by atoms with E-state index in [0.29, 0.717) is 17.4 Å². The highest BCUT2D eigenvalue weighted by Gasteiger charge is 2.23. The molecule has 9 heteroatoms. The van der Waals surface area contributed by atoms with Crippen molar-refractivity contribution in [2.24, 2.45) is 0 Å². The normalized spacial score (nSPS) is 14.8. The van der Waals surface area contributed by atoms with Crippen molar-refractivity contribution in [2.75, 3.05) is 40.9 Å². The Labute approximate surface area is 370 Å². The summed E-state index contributed by atoms with van der Waals surface area (Å²) in [4.78, 5) is 25.4. The predicted octanol–water partition coefficient (Wildman–Crippen LogP) is 13.3. The Hall–Kier alpha value is -2.06. The zero-order chi connectivity index (χ0) is 44.3. The van der Waals surface area contributed by atoms with E-state index < -0.39 is 20.0 Å². The minimum Gasteiger partial charge on any atom is -0.756 e. The highest BCUT2D eigenvalue weighted by molar-refractivity contribution is 7.45. The molecule has 0 aliphatic carbocycles. The summed E-state index contributed by atoms with van der Waals surface area (Å²) in [5, 5.41) is 13.8. The molecule has 0 fully saturated rings. The van der Waals surface area contributed by atoms with Crippen molar-refractivity contribution in [3.05, 3.63) is 72.9 Å². The van der Waals surface area contributed by atoms with Gasteiger partial charge in [-0.1, -0.05) is 196 Å². The maximum atomic E-state index is 12.9. The number of nitrogens with one attached hydrogen (secondary N) is 1. The topological polar surface area (TPSA) is 108 Å². The number of carbonyl (C=O) groups is 1. The molecule has 348 valence electrons. The highest BCUT2D eigenvalue weighted by atomic mass is 31.2. The third kappa shape index (κ3) is 44.0. The lowest BCUT2D eigenvalue weighted by atomic mass is 10.0. The molecule has 8 nitrogen and oxygen atoms in total. The molecule has 0 spiro atoms. The fourth-order valence-corrected chi connectivity index (χ4v) is 7.31. The Kier molecular flexibility index (Phi) is 40.8. The number of unbranched alkanes of at least 4 members (excludes halogenated alkanes) is 20. The fourth-order valence-electron chi connectivity index (χ4n) is 6.59. The third-order valence-corrected chi connectivity index (χ3v) is 11.4. The number of nitrogens with zero attached hydrogens (tertiary/aromatic N) is 1. The van der Waals surface area contributed by atoms with Gasteiger partial charge in [0, 0.05) is 6.42 Å². The Morgan fingerprint density at radius 2 is 1.02 bits per heavy atom. The Balaban J connectivity index is 4.30. The van der Waals surface area contributed by atoms with Gasteiger partial charge in [-0.05, 0) is 64.2 Å². The van der Waals surface area contributed by atoms with Crippen LogP contribution in [0.15, 0.2) is 72.9 Å². The van der Waals surface area contributed by atoms with Crippen molar-refractivity contribution in [3.63, 3.8) is 0 Å². The van der Waals surface area contributed by atoms with Gasteiger partial charge in [0.2, 0.25) is 5.91 Å². The minimum absolute atomic E-state index is 0.00543. The summed E-state index contributed by atoms with van der Waals surface area (Å²) >= 11 is 0. The number of quaternary nitrogens is 1. The number of hydrogen-bond acceptors (Lipinski definition) is 6. The van der Waals surface area contributed by atoms with Crippen LogP contribution in [0.3, 0.4) is 0 Å². The minimum atomic E-state index is -4.59. The number of amides is 1. The molecule has 0 bridgehead atoms. The Morgan fingerprint density at radius 3 is 1.48 bits per heavy atom. The van der Waals surface area contributed by atoms with Crippen molar-refractivity contribution in [1.29, 1.82) is 0 Å². The first-order valence-corrected chi connectivity index (χ1v) is 25.8. The lowest BCUT2D eigenvalue weighted by Gasteiger charge is -2.29. The van der Waals surface area contributed by atoms with Crippen molar-refractivity contribution < 1.29 is 32.9 Å². The summed E-state index contributed by atoms with van der Waals surface area (Å²) in [7, 11) is 1.25. The third-order valence-electron chi connectivity index (χ3n) is 10.4. The van der Waals surface area contributed by atoms with Crippen LogP contribution in [0.5, 0.6) is 0 Å². The van der Waals surface area contributed by atoms with Gasteiger partial charge in [-0.3, -0.25) is 9.36 Å². The second kappa shape index (κ2) is 42.3. The molecule has 0 heterocycles. The Bertz CT molecular complexity index is 1200. The van der Waals surface area contributed by atoms with E-state index in [4.69, 9.17) is 9.05 Å². The van der Waals surface area contributed by atoms with Gasteiger partial charge >= 0.3 is 0 Å². The number of phosphoric acid groups is 1. The zero-order valence-corrected chi connectivity index (χ0v) is 40.3. The largest absolute Gasteiger partial charge is 0.756 e. The second-order valence-corrected chi connectivity index (χ2v) is 18.8. The van der Waals surface area contributed by atoms with E-state index in [-0.39, 0.29) is 19.1 Å². The zero-order valence-electron chi connectivity index (χ0n) is 39.4. The molecule has 0 radical (unpaired) electrons. The quantitative estimate of drug-likeness (QED) is 0.0274. The molecule has 3 atom stereocenters. The molecule has 0 saturated carbocycles. The number of rotatable bonds is 43. The summed E-state index contributed by atoms with van der Waals surface area (Å²) in [5.41, 5.74) is 0. The number of likely N-dealkylation sites (N-methyl/N-ethyl adjacent to an activating group) is 1. The molecule has 0 saturated heterocycles. The van der Waals surface area contributed by atoms with Crippen LogP contribution in [0.4, 0.5) is 0 Å². The van der Waals surface area contributed by atoms with Gasteiger partial charge in [-0.2, -0.15) is 0 Å². The van der Waals surface area contributed by atoms with Crippen molar-refractivity contribution in [1.82, 2.24) is 5.32 Å². The number of phosphoric ester groups is 1. The van der Waals surface area contributed by atoms with Crippen molar-refractivity contribution in [2.45, 2.75) is 206 Å². The molecular formula is C51H93N2O6P. The van der Waals surface area contributed by atoms with Gasteiger partial charge in [-0.15, -0.1) is 0 Å². The van der Waals surface area contributed by atoms with Gasteiger partial charge in [0.05, 0.1) is 39.9 Å². The maximum Gasteiger partial charge on any atom is 0.268 e. The molecule has 0 aromatic carbocycles. The summed E-state index contributed by atoms with van der Waals surface area (Å²) in [6, 6.07) is -0.892. The first kappa shape index (κ1) is 57.9. The predicted molar refractivity (Wildman–Crippen MR) is 256 cm³/mol. The van der Waals surface area contributed by atoms with Crippen LogP contribution < -0.4 is 10.2 Å². The van der Waals surface area contributed by atoms with Crippen LogP contribution in [-0.2, 0) is 18.4 Å². The van der Waals surface area contributed by atoms with Crippen LogP contribution in [0.2, 0.25) is 0 Å². The first-order valence-electron chi connectivity index (χ1n) is 24.3. The number of aliphatic hydroxyl groups excluding tert-OH is 1. The van der Waals surface area contributed by atoms with E-state index in [9.17, 15) is 19.4 Å². The lowest BCUT2D eigenvalue weighted by molar-refractivity contribution is -0.870. The van der Waals surface area contributed by atoms with Gasteiger partial charge in [0.1, 0.15) is 13.2 Å². The molecule has 0 rings (SSSR count). The highest BCUT2D eigenvalue weighted by Crippen LogP contribution is 2.38. The molecule has 0 aromatic rings. The number of hydrogen-bond donors (Lipinski definition) is 2. The number of allylic oxidation sites excluding steroid dienone is 11. The maximum absolute atomic E-state index is 12.9. The summed E-state index contributed by atoms with van der Waals surface area (Å²) in [6.45, 7) is 4.51. The van der Waals surface area contributed by atoms with Gasteiger partial charge in [-0.25, -0.2) is 0 Å². The van der Waals surface area contributed by atoms with Crippen molar-refractivity contribution >= 4 is 13.7 Å². The monoisotopic (exact) mass is 861 g/mol. The van der Waals surface area contributed by atoms with Gasteiger partial charge in [0.25, 0.3) is 7.82 Å². The molecule has 0 aliphatic heterocycles. The molecule has 1 amide bonds. The van der Waals surface area contributed by atoms with E-state index in [1.54, 1.807) is 6.08 Å². The van der Waals surface area contributed by atoms with E-state index in [2.05, 4.69) is 79.9 Å². The molecule has 0 aliphatic rings. The molecule has 0 aromatic heterocycles. The van der Waals surface area contributed by atoms with Crippen LogP contribution in [0.25, 0.3) is 0 Å². The van der Waals surface area contributed by atoms with Gasteiger partial charge < -0.3 is 28.8 Å². The van der Waals surface area contributed by atoms with E-state index in [0.717, 1.165) is 77.0 Å². The van der Waals surface area contributed by atoms with Crippen LogP contribution >= 0.6 is 7.82 Å². The average molecular weight is 861 g/mol. The van der Waals surface area contributed by atoms with E-state index in [1.165, 1.54) is 96.3 Å². The SMILES string of the molecule is CC/C=C\C/C=C\C/C=C\C/C=C\C/C=C\CCCCCCCCCCCC(=O)NC(COP(=O)([O-])OCC[N+](C)(C)C)C(O)/C=C/CCCCCCCCCCCCC. The molecular weight excluding hydrogens is 768 g/mol. The smallest absolute Gasteiger partial charge is 0.268 e. The molecule has 2 N–H and O–H groups in total. The summed E-state index contributed by atoms with van der Waals surface area (Å²) < 4.78 is 23.2. The number of aliphatic hydroxyl groups is 1. The fraction of sp³-hybridized carbons (Fsp3) is 0.745. The summed E-state index contributed by atoms with van der Waals surface area (Å²) in [5.74, 6) is -0.208. The van der Waals surface area contributed by atoms with Crippen molar-refractivity contribution in [3.8, 4) is 0 Å². The Morgan fingerprint density at radius 1 is 0.600 bits per heavy atom. The first-order chi connectivity index (χ1) is 29.0. The number of carbonyl (C=O) groups excluding carboxylic acids is 1. The lowest BCUT2D eigenvalue weighted by Crippen LogP contribution is -2.45. The average Bonchev–Trinajstić information content (AvgIpc) is 3.20. The molecule has 3 unspecified atom stereocenters.